The summed E-state index contributed by atoms with van der Waals surface area (Å²) < 4.78 is 4.95. The maximum absolute atomic E-state index is 11.9. The first kappa shape index (κ1) is 11.8. The molecule has 0 fully saturated rings. The molecule has 0 bridgehead atoms. The van der Waals surface area contributed by atoms with Crippen LogP contribution >= 0.6 is 0 Å². The number of benzene rings is 1. The van der Waals surface area contributed by atoms with Crippen LogP contribution in [0, 0.1) is 17.0 Å². The number of nitro groups is 1. The monoisotopic (exact) mass is 249 g/mol. The van der Waals surface area contributed by atoms with E-state index in [2.05, 4.69) is 0 Å². The third-order valence-electron chi connectivity index (χ3n) is 2.53. The van der Waals surface area contributed by atoms with Gasteiger partial charge in [0.2, 0.25) is 5.43 Å². The van der Waals surface area contributed by atoms with Crippen LogP contribution in [0.3, 0.4) is 0 Å². The van der Waals surface area contributed by atoms with Crippen LogP contribution in [0.15, 0.2) is 27.6 Å². The molecule has 0 aliphatic rings. The molecule has 2 rings (SSSR count). The average Bonchev–Trinajstić information content (AvgIpc) is 2.29. The minimum Gasteiger partial charge on any atom is -0.477 e. The fraction of sp³-hybridized carbons (Fsp3) is 0.0909. The predicted molar refractivity (Wildman–Crippen MR) is 60.8 cm³/mol. The number of nitrogens with zero attached hydrogens (tertiary/aromatic N) is 1. The molecule has 1 N–H and O–H groups in total. The number of carboxylic acids is 1. The van der Waals surface area contributed by atoms with E-state index >= 15 is 0 Å². The number of rotatable bonds is 2. The maximum Gasteiger partial charge on any atom is 0.342 e. The SMILES string of the molecule is Cc1ccc2occ(C(=O)O)c(=O)c2c1[N+](=O)[O-]. The fourth-order valence-corrected chi connectivity index (χ4v) is 1.69. The summed E-state index contributed by atoms with van der Waals surface area (Å²) in [4.78, 5) is 32.9. The van der Waals surface area contributed by atoms with Crippen molar-refractivity contribution in [3.63, 3.8) is 0 Å². The Bertz CT molecular complexity index is 730. The predicted octanol–water partition coefficient (Wildman–Crippen LogP) is 1.71. The molecule has 7 heteroatoms. The molecule has 1 aromatic carbocycles. The largest absolute Gasteiger partial charge is 0.477 e. The molecule has 0 spiro atoms. The highest BCUT2D eigenvalue weighted by Crippen LogP contribution is 2.26. The minimum atomic E-state index is -1.48. The van der Waals surface area contributed by atoms with Crippen LogP contribution in [-0.4, -0.2) is 16.0 Å². The summed E-state index contributed by atoms with van der Waals surface area (Å²) in [5.41, 5.74) is -1.72. The van der Waals surface area contributed by atoms with Crippen molar-refractivity contribution in [3.05, 3.63) is 49.9 Å². The number of carboxylic acid groups (broad SMARTS) is 1. The molecule has 1 heterocycles. The van der Waals surface area contributed by atoms with Crippen LogP contribution < -0.4 is 5.43 Å². The van der Waals surface area contributed by atoms with E-state index < -0.39 is 27.6 Å². The van der Waals surface area contributed by atoms with Crippen LogP contribution in [0.25, 0.3) is 11.0 Å². The Balaban J connectivity index is 3.03. The topological polar surface area (TPSA) is 111 Å². The molecule has 1 aromatic heterocycles. The van der Waals surface area contributed by atoms with Crippen molar-refractivity contribution in [2.75, 3.05) is 0 Å². The van der Waals surface area contributed by atoms with Crippen LogP contribution in [0.1, 0.15) is 15.9 Å². The Morgan fingerprint density at radius 1 is 1.44 bits per heavy atom. The quantitative estimate of drug-likeness (QED) is 0.640. The normalized spacial score (nSPS) is 10.5. The highest BCUT2D eigenvalue weighted by Gasteiger charge is 2.23. The molecule has 0 unspecified atom stereocenters. The summed E-state index contributed by atoms with van der Waals surface area (Å²) in [5, 5.41) is 19.4. The third kappa shape index (κ3) is 1.61. The second kappa shape index (κ2) is 3.95. The van der Waals surface area contributed by atoms with Gasteiger partial charge in [0.15, 0.2) is 0 Å². The van der Waals surface area contributed by atoms with Gasteiger partial charge >= 0.3 is 5.97 Å². The van der Waals surface area contributed by atoms with Crippen LogP contribution in [0.2, 0.25) is 0 Å². The van der Waals surface area contributed by atoms with Gasteiger partial charge in [-0.2, -0.15) is 0 Å². The van der Waals surface area contributed by atoms with Gasteiger partial charge in [0.25, 0.3) is 5.69 Å². The van der Waals surface area contributed by atoms with Crippen molar-refractivity contribution < 1.29 is 19.2 Å². The Morgan fingerprint density at radius 2 is 2.11 bits per heavy atom. The standard InChI is InChI=1S/C11H7NO6/c1-5-2-3-7-8(9(5)12(16)17)10(13)6(4-18-7)11(14)15/h2-4H,1H3,(H,14,15). The number of hydrogen-bond acceptors (Lipinski definition) is 5. The van der Waals surface area contributed by atoms with E-state index in [1.54, 1.807) is 0 Å². The maximum atomic E-state index is 11.9. The Morgan fingerprint density at radius 3 is 2.67 bits per heavy atom. The van der Waals surface area contributed by atoms with Gasteiger partial charge in [0, 0.05) is 5.56 Å². The Hall–Kier alpha value is -2.70. The first-order valence-electron chi connectivity index (χ1n) is 4.86. The highest BCUT2D eigenvalue weighted by atomic mass is 16.6. The molecule has 92 valence electrons. The first-order chi connectivity index (χ1) is 8.43. The molecule has 0 saturated heterocycles. The van der Waals surface area contributed by atoms with E-state index in [0.717, 1.165) is 6.26 Å². The average molecular weight is 249 g/mol. The summed E-state index contributed by atoms with van der Waals surface area (Å²) in [6, 6.07) is 2.83. The Labute approximate surface area is 99.4 Å². The van der Waals surface area contributed by atoms with E-state index in [9.17, 15) is 19.7 Å². The second-order valence-corrected chi connectivity index (χ2v) is 3.64. The highest BCUT2D eigenvalue weighted by molar-refractivity contribution is 5.95. The summed E-state index contributed by atoms with van der Waals surface area (Å²) in [6.07, 6.45) is 0.784. The van der Waals surface area contributed by atoms with E-state index in [4.69, 9.17) is 9.52 Å². The lowest BCUT2D eigenvalue weighted by Gasteiger charge is -2.02. The van der Waals surface area contributed by atoms with E-state index in [1.165, 1.54) is 19.1 Å². The van der Waals surface area contributed by atoms with Gasteiger partial charge in [-0.3, -0.25) is 14.9 Å². The van der Waals surface area contributed by atoms with Gasteiger partial charge in [0.05, 0.1) is 4.92 Å². The molecule has 0 aliphatic carbocycles. The van der Waals surface area contributed by atoms with Gasteiger partial charge in [-0.05, 0) is 19.1 Å². The minimum absolute atomic E-state index is 0.0118. The molecular weight excluding hydrogens is 242 g/mol. The molecule has 0 radical (unpaired) electrons. The zero-order valence-electron chi connectivity index (χ0n) is 9.17. The van der Waals surface area contributed by atoms with Gasteiger partial charge in [0.1, 0.15) is 22.8 Å². The number of hydrogen-bond donors (Lipinski definition) is 1. The van der Waals surface area contributed by atoms with Gasteiger partial charge < -0.3 is 9.52 Å². The van der Waals surface area contributed by atoms with Crippen LogP contribution in [0.5, 0.6) is 0 Å². The van der Waals surface area contributed by atoms with E-state index in [0.29, 0.717) is 0 Å². The van der Waals surface area contributed by atoms with Crippen molar-refractivity contribution in [1.29, 1.82) is 0 Å². The van der Waals surface area contributed by atoms with Gasteiger partial charge in [-0.25, -0.2) is 4.79 Å². The lowest BCUT2D eigenvalue weighted by molar-refractivity contribution is -0.383. The second-order valence-electron chi connectivity index (χ2n) is 3.64. The van der Waals surface area contributed by atoms with Gasteiger partial charge in [-0.15, -0.1) is 0 Å². The smallest absolute Gasteiger partial charge is 0.342 e. The van der Waals surface area contributed by atoms with Crippen molar-refractivity contribution in [2.24, 2.45) is 0 Å². The third-order valence-corrected chi connectivity index (χ3v) is 2.53. The first-order valence-corrected chi connectivity index (χ1v) is 4.86. The zero-order chi connectivity index (χ0) is 13.4. The number of fused-ring (bicyclic) bond motifs is 1. The Kier molecular flexibility index (Phi) is 2.59. The fourth-order valence-electron chi connectivity index (χ4n) is 1.69. The summed E-state index contributed by atoms with van der Waals surface area (Å²) >= 11 is 0. The summed E-state index contributed by atoms with van der Waals surface area (Å²) in [6.45, 7) is 1.46. The van der Waals surface area contributed by atoms with E-state index in [1.807, 2.05) is 0 Å². The van der Waals surface area contributed by atoms with Crippen molar-refractivity contribution >= 4 is 22.6 Å². The van der Waals surface area contributed by atoms with Crippen molar-refractivity contribution in [3.8, 4) is 0 Å². The molecule has 0 amide bonds. The lowest BCUT2D eigenvalue weighted by atomic mass is 10.1. The number of aromatic carboxylic acids is 1. The number of nitro benzene ring substituents is 1. The molecule has 18 heavy (non-hydrogen) atoms. The molecule has 0 saturated carbocycles. The molecule has 2 aromatic rings. The van der Waals surface area contributed by atoms with E-state index in [-0.39, 0.29) is 16.5 Å². The summed E-state index contributed by atoms with van der Waals surface area (Å²) in [5.74, 6) is -1.48. The lowest BCUT2D eigenvalue weighted by Crippen LogP contribution is -2.15. The van der Waals surface area contributed by atoms with Crippen LogP contribution in [0.4, 0.5) is 5.69 Å². The number of aryl methyl sites for hydroxylation is 1. The molecular formula is C11H7NO6. The molecule has 0 aliphatic heterocycles. The molecule has 7 nitrogen and oxygen atoms in total. The van der Waals surface area contributed by atoms with Gasteiger partial charge in [-0.1, -0.05) is 0 Å². The summed E-state index contributed by atoms with van der Waals surface area (Å²) in [7, 11) is 0. The zero-order valence-corrected chi connectivity index (χ0v) is 9.17. The number of carbonyl (C=O) groups is 1. The van der Waals surface area contributed by atoms with Crippen LogP contribution in [-0.2, 0) is 0 Å². The van der Waals surface area contributed by atoms with Crippen molar-refractivity contribution in [2.45, 2.75) is 6.92 Å². The molecule has 0 atom stereocenters. The van der Waals surface area contributed by atoms with Crippen molar-refractivity contribution in [1.82, 2.24) is 0 Å².